The topological polar surface area (TPSA) is 93.1 Å². The van der Waals surface area contributed by atoms with Gasteiger partial charge in [0.25, 0.3) is 0 Å². The third-order valence-electron chi connectivity index (χ3n) is 7.96. The second kappa shape index (κ2) is 7.08. The van der Waals surface area contributed by atoms with Gasteiger partial charge in [-0.25, -0.2) is 0 Å². The molecule has 6 nitrogen and oxygen atoms in total. The van der Waals surface area contributed by atoms with Crippen LogP contribution in [-0.4, -0.2) is 38.6 Å². The lowest BCUT2D eigenvalue weighted by Gasteiger charge is -2.56. The molecule has 1 aromatic carbocycles. The molecule has 2 fully saturated rings. The number of phenolic OH excluding ortho intramolecular Hbond substituents is 2. The normalized spacial score (nSPS) is 31.9. The number of aromatic hydroxyl groups is 2. The maximum atomic E-state index is 14.0. The van der Waals surface area contributed by atoms with E-state index in [1.54, 1.807) is 6.08 Å². The molecule has 1 aromatic rings. The van der Waals surface area contributed by atoms with Crippen molar-refractivity contribution in [2.45, 2.75) is 77.6 Å². The number of phenols is 2. The molecule has 5 aliphatic rings. The van der Waals surface area contributed by atoms with Gasteiger partial charge in [0.05, 0.1) is 5.60 Å². The van der Waals surface area contributed by atoms with Gasteiger partial charge in [0.2, 0.25) is 0 Å². The summed E-state index contributed by atoms with van der Waals surface area (Å²) in [4.78, 5) is 27.8. The van der Waals surface area contributed by atoms with E-state index in [-0.39, 0.29) is 52.3 Å². The quantitative estimate of drug-likeness (QED) is 0.611. The highest BCUT2D eigenvalue weighted by atomic mass is 16.6. The van der Waals surface area contributed by atoms with E-state index in [9.17, 15) is 19.8 Å². The third kappa shape index (κ3) is 2.72. The summed E-state index contributed by atoms with van der Waals surface area (Å²) >= 11 is 0. The number of carbonyl (C=O) groups is 2. The maximum absolute atomic E-state index is 14.0. The largest absolute Gasteiger partial charge is 0.507 e. The fourth-order valence-electron chi connectivity index (χ4n) is 6.47. The van der Waals surface area contributed by atoms with Gasteiger partial charge in [0, 0.05) is 35.5 Å². The van der Waals surface area contributed by atoms with Crippen molar-refractivity contribution >= 4 is 11.6 Å². The van der Waals surface area contributed by atoms with Crippen LogP contribution in [0.25, 0.3) is 0 Å². The summed E-state index contributed by atoms with van der Waals surface area (Å²) in [6.45, 7) is 11.7. The smallest absolute Gasteiger partial charge is 0.200 e. The van der Waals surface area contributed by atoms with Gasteiger partial charge >= 0.3 is 0 Å². The molecule has 1 saturated carbocycles. The zero-order valence-electron chi connectivity index (χ0n) is 20.6. The van der Waals surface area contributed by atoms with E-state index < -0.39 is 22.7 Å². The van der Waals surface area contributed by atoms with Gasteiger partial charge in [0.15, 0.2) is 22.8 Å². The summed E-state index contributed by atoms with van der Waals surface area (Å²) < 4.78 is 13.2. The summed E-state index contributed by atoms with van der Waals surface area (Å²) in [7, 11) is 0. The summed E-state index contributed by atoms with van der Waals surface area (Å²) in [6.07, 6.45) is 6.69. The van der Waals surface area contributed by atoms with E-state index in [1.165, 1.54) is 6.07 Å². The molecular formula is C28H32O6. The Balaban J connectivity index is 1.75. The van der Waals surface area contributed by atoms with Crippen LogP contribution in [0.4, 0.5) is 0 Å². The van der Waals surface area contributed by atoms with Crippen LogP contribution in [0.3, 0.4) is 0 Å². The van der Waals surface area contributed by atoms with Gasteiger partial charge in [0.1, 0.15) is 22.8 Å². The van der Waals surface area contributed by atoms with E-state index in [0.29, 0.717) is 18.4 Å². The van der Waals surface area contributed by atoms with E-state index in [1.807, 2.05) is 53.7 Å². The number of ketones is 2. The van der Waals surface area contributed by atoms with Gasteiger partial charge in [-0.15, -0.1) is 0 Å². The number of carbonyl (C=O) groups excluding carboxylic acids is 2. The molecule has 6 heteroatoms. The van der Waals surface area contributed by atoms with Crippen LogP contribution in [-0.2, 0) is 16.0 Å². The molecule has 0 aromatic heterocycles. The molecule has 2 heterocycles. The van der Waals surface area contributed by atoms with Crippen LogP contribution in [0.1, 0.15) is 70.3 Å². The fourth-order valence-corrected chi connectivity index (χ4v) is 6.47. The van der Waals surface area contributed by atoms with Gasteiger partial charge in [-0.3, -0.25) is 9.59 Å². The zero-order valence-corrected chi connectivity index (χ0v) is 20.6. The summed E-state index contributed by atoms with van der Waals surface area (Å²) in [5, 5.41) is 21.8. The first-order valence-corrected chi connectivity index (χ1v) is 11.9. The molecule has 1 saturated heterocycles. The molecule has 34 heavy (non-hydrogen) atoms. The number of allylic oxidation sites excluding steroid dienone is 4. The first-order chi connectivity index (χ1) is 15.9. The van der Waals surface area contributed by atoms with Crippen molar-refractivity contribution < 1.29 is 29.3 Å². The Morgan fingerprint density at radius 3 is 2.44 bits per heavy atom. The number of hydrogen-bond acceptors (Lipinski definition) is 6. The van der Waals surface area contributed by atoms with E-state index in [2.05, 4.69) is 0 Å². The number of hydrogen-bond donors (Lipinski definition) is 2. The minimum atomic E-state index is -1.34. The molecule has 1 spiro atoms. The highest BCUT2D eigenvalue weighted by Crippen LogP contribution is 2.68. The fraction of sp³-hybridized carbons (Fsp3) is 0.500. The third-order valence-corrected chi connectivity index (χ3v) is 7.96. The highest BCUT2D eigenvalue weighted by molar-refractivity contribution is 6.18. The Hall–Kier alpha value is -2.86. The Kier molecular flexibility index (Phi) is 4.77. The second-order valence-corrected chi connectivity index (χ2v) is 11.1. The van der Waals surface area contributed by atoms with Crippen molar-refractivity contribution in [2.24, 2.45) is 11.8 Å². The zero-order chi connectivity index (χ0) is 24.8. The molecule has 4 bridgehead atoms. The van der Waals surface area contributed by atoms with Crippen molar-refractivity contribution in [2.75, 3.05) is 0 Å². The van der Waals surface area contributed by atoms with Gasteiger partial charge in [-0.1, -0.05) is 29.4 Å². The molecule has 2 aliphatic heterocycles. The van der Waals surface area contributed by atoms with Crippen LogP contribution < -0.4 is 4.74 Å². The highest BCUT2D eigenvalue weighted by Gasteiger charge is 2.81. The van der Waals surface area contributed by atoms with Crippen LogP contribution in [0.15, 0.2) is 41.0 Å². The molecular weight excluding hydrogens is 432 g/mol. The summed E-state index contributed by atoms with van der Waals surface area (Å²) in [6, 6.07) is 1.40. The first-order valence-electron chi connectivity index (χ1n) is 11.9. The lowest BCUT2D eigenvalue weighted by molar-refractivity contribution is -0.171. The predicted octanol–water partition coefficient (Wildman–Crippen LogP) is 4.97. The lowest BCUT2D eigenvalue weighted by Crippen LogP contribution is -2.72. The monoisotopic (exact) mass is 464 g/mol. The van der Waals surface area contributed by atoms with Crippen molar-refractivity contribution in [3.63, 3.8) is 0 Å². The maximum Gasteiger partial charge on any atom is 0.200 e. The second-order valence-electron chi connectivity index (χ2n) is 11.1. The number of rotatable bonds is 4. The molecule has 2 N–H and O–H groups in total. The van der Waals surface area contributed by atoms with Crippen LogP contribution in [0.2, 0.25) is 0 Å². The molecule has 0 amide bonds. The lowest BCUT2D eigenvalue weighted by atomic mass is 9.51. The van der Waals surface area contributed by atoms with Gasteiger partial charge in [-0.2, -0.15) is 0 Å². The standard InChI is InChI=1S/C28H32O6/c1-14(2)7-8-17-19(29)13-20-22(23(17)30)24(31)18-11-16-12-21-26(5,6)34-27(25(16)32,10-9-15(3)4)28(18,21)33-20/h7,9,11,13,16,21,29-30H,8,10,12H2,1-6H3/t16-,21+,27+,28?/m1/s1. The van der Waals surface area contributed by atoms with Crippen LogP contribution in [0.5, 0.6) is 17.2 Å². The van der Waals surface area contributed by atoms with Crippen molar-refractivity contribution in [3.05, 3.63) is 52.1 Å². The van der Waals surface area contributed by atoms with Crippen LogP contribution in [0, 0.1) is 11.8 Å². The number of Topliss-reactive ketones (excluding diaryl/α,β-unsaturated/α-hetero) is 2. The van der Waals surface area contributed by atoms with E-state index >= 15 is 0 Å². The van der Waals surface area contributed by atoms with E-state index in [4.69, 9.17) is 9.47 Å². The molecule has 4 atom stereocenters. The number of ether oxygens (including phenoxy) is 2. The Morgan fingerprint density at radius 1 is 1.12 bits per heavy atom. The molecule has 3 aliphatic carbocycles. The summed E-state index contributed by atoms with van der Waals surface area (Å²) in [5.74, 6) is -1.42. The van der Waals surface area contributed by atoms with Gasteiger partial charge in [-0.05, 0) is 54.4 Å². The molecule has 1 unspecified atom stereocenters. The number of benzene rings is 1. The number of fused-ring (bicyclic) bond motifs is 1. The molecule has 0 radical (unpaired) electrons. The molecule has 6 rings (SSSR count). The van der Waals surface area contributed by atoms with Crippen molar-refractivity contribution in [1.82, 2.24) is 0 Å². The Bertz CT molecular complexity index is 1220. The average Bonchev–Trinajstić information content (AvgIpc) is 2.89. The predicted molar refractivity (Wildman–Crippen MR) is 127 cm³/mol. The Morgan fingerprint density at radius 2 is 1.79 bits per heavy atom. The average molecular weight is 465 g/mol. The summed E-state index contributed by atoms with van der Waals surface area (Å²) in [5.41, 5.74) is -0.569. The minimum absolute atomic E-state index is 0.0430. The van der Waals surface area contributed by atoms with Crippen LogP contribution >= 0.6 is 0 Å². The van der Waals surface area contributed by atoms with Gasteiger partial charge < -0.3 is 19.7 Å². The minimum Gasteiger partial charge on any atom is -0.507 e. The first kappa shape index (κ1) is 22.9. The Labute approximate surface area is 200 Å². The molecule has 180 valence electrons. The van der Waals surface area contributed by atoms with Crippen molar-refractivity contribution in [3.8, 4) is 17.2 Å². The SMILES string of the molecule is CC(C)=CCc1c(O)cc2c(c1O)C(=O)C1=C[C@@H]3C[C@H]4C(C)(C)O[C@@](CC=C(C)C)(C3=O)C14O2. The van der Waals surface area contributed by atoms with Crippen molar-refractivity contribution in [1.29, 1.82) is 0 Å². The van der Waals surface area contributed by atoms with E-state index in [0.717, 1.165) is 11.1 Å².